The van der Waals surface area contributed by atoms with Crippen LogP contribution in [0.3, 0.4) is 0 Å². The fourth-order valence-electron chi connectivity index (χ4n) is 1.26. The topological polar surface area (TPSA) is 17.1 Å². The van der Waals surface area contributed by atoms with Crippen LogP contribution in [0.1, 0.15) is 81.6 Å². The first-order valence-electron chi connectivity index (χ1n) is 8.09. The van der Waals surface area contributed by atoms with E-state index in [-0.39, 0.29) is 5.41 Å². The zero-order valence-corrected chi connectivity index (χ0v) is 15.9. The van der Waals surface area contributed by atoms with E-state index in [1.807, 2.05) is 48.5 Å². The normalized spacial score (nSPS) is 14.2. The predicted octanol–water partition coefficient (Wildman–Crippen LogP) is 5.48. The first-order chi connectivity index (χ1) is 8.91. The SMILES string of the molecule is CC.CC.CC(C)(C)C(=O)C[S+]1CCCC1.CCC. The number of hydrogen-bond donors (Lipinski definition) is 0. The van der Waals surface area contributed by atoms with Gasteiger partial charge in [-0.15, -0.1) is 0 Å². The minimum atomic E-state index is -0.115. The van der Waals surface area contributed by atoms with Crippen molar-refractivity contribution in [2.45, 2.75) is 81.6 Å². The van der Waals surface area contributed by atoms with E-state index in [1.54, 1.807) is 0 Å². The summed E-state index contributed by atoms with van der Waals surface area (Å²) in [7, 11) is 0.447. The Labute approximate surface area is 126 Å². The Hall–Kier alpha value is 0.0200. The molecular formula is C17H39OS+. The summed E-state index contributed by atoms with van der Waals surface area (Å²) >= 11 is 0. The van der Waals surface area contributed by atoms with Crippen molar-refractivity contribution in [1.82, 2.24) is 0 Å². The molecule has 1 aliphatic heterocycles. The average molecular weight is 292 g/mol. The molecule has 0 aromatic heterocycles. The minimum absolute atomic E-state index is 0.115. The van der Waals surface area contributed by atoms with Crippen molar-refractivity contribution in [3.05, 3.63) is 0 Å². The Morgan fingerprint density at radius 3 is 1.53 bits per heavy atom. The first kappa shape index (κ1) is 24.1. The maximum absolute atomic E-state index is 11.6. The Kier molecular flexibility index (Phi) is 20.4. The molecule has 1 saturated heterocycles. The smallest absolute Gasteiger partial charge is 0.187 e. The van der Waals surface area contributed by atoms with Gasteiger partial charge in [0.1, 0.15) is 11.5 Å². The van der Waals surface area contributed by atoms with Crippen LogP contribution < -0.4 is 0 Å². The van der Waals surface area contributed by atoms with Crippen LogP contribution in [0, 0.1) is 5.41 Å². The monoisotopic (exact) mass is 291 g/mol. The fraction of sp³-hybridized carbons (Fsp3) is 0.941. The molecule has 19 heavy (non-hydrogen) atoms. The van der Waals surface area contributed by atoms with Gasteiger partial charge in [-0.2, -0.15) is 0 Å². The molecule has 0 aromatic carbocycles. The van der Waals surface area contributed by atoms with Crippen LogP contribution in [-0.4, -0.2) is 23.0 Å². The van der Waals surface area contributed by atoms with E-state index in [9.17, 15) is 4.79 Å². The molecule has 0 radical (unpaired) electrons. The van der Waals surface area contributed by atoms with E-state index in [1.165, 1.54) is 30.8 Å². The second-order valence-corrected chi connectivity index (χ2v) is 7.58. The highest BCUT2D eigenvalue weighted by Gasteiger charge is 2.32. The van der Waals surface area contributed by atoms with E-state index >= 15 is 0 Å². The third kappa shape index (κ3) is 16.0. The molecule has 1 fully saturated rings. The van der Waals surface area contributed by atoms with Crippen molar-refractivity contribution in [3.8, 4) is 0 Å². The van der Waals surface area contributed by atoms with Crippen LogP contribution in [0.15, 0.2) is 0 Å². The van der Waals surface area contributed by atoms with Crippen molar-refractivity contribution in [3.63, 3.8) is 0 Å². The summed E-state index contributed by atoms with van der Waals surface area (Å²) in [4.78, 5) is 11.6. The van der Waals surface area contributed by atoms with Crippen molar-refractivity contribution in [2.24, 2.45) is 5.41 Å². The molecule has 0 bridgehead atoms. The maximum atomic E-state index is 11.6. The lowest BCUT2D eigenvalue weighted by Gasteiger charge is -2.14. The molecule has 1 nitrogen and oxygen atoms in total. The van der Waals surface area contributed by atoms with Crippen molar-refractivity contribution in [2.75, 3.05) is 17.3 Å². The van der Waals surface area contributed by atoms with Gasteiger partial charge in [-0.3, -0.25) is 4.79 Å². The Bertz CT molecular complexity index is 176. The Morgan fingerprint density at radius 2 is 1.26 bits per heavy atom. The zero-order valence-electron chi connectivity index (χ0n) is 15.1. The molecule has 0 saturated carbocycles. The highest BCUT2D eigenvalue weighted by Crippen LogP contribution is 2.20. The summed E-state index contributed by atoms with van der Waals surface area (Å²) in [6, 6.07) is 0. The molecule has 1 rings (SSSR count). The van der Waals surface area contributed by atoms with E-state index in [4.69, 9.17) is 0 Å². The molecule has 1 aliphatic rings. The number of carbonyl (C=O) groups is 1. The molecule has 0 aliphatic carbocycles. The number of carbonyl (C=O) groups excluding carboxylic acids is 1. The van der Waals surface area contributed by atoms with Gasteiger partial charge in [0.05, 0.1) is 0 Å². The molecule has 0 amide bonds. The standard InChI is InChI=1S/C10H19OS.C3H8.2C2H6/c1-10(2,3)9(11)8-12-6-4-5-7-12;1-3-2;2*1-2/h4-8H2,1-3H3;3H2,1-2H3;2*1-2H3/q+1;;;. The number of ketones is 1. The van der Waals surface area contributed by atoms with E-state index in [0.29, 0.717) is 16.7 Å². The van der Waals surface area contributed by atoms with Gasteiger partial charge in [-0.05, 0) is 23.7 Å². The van der Waals surface area contributed by atoms with Gasteiger partial charge in [0, 0.05) is 5.41 Å². The third-order valence-electron chi connectivity index (χ3n) is 2.29. The maximum Gasteiger partial charge on any atom is 0.187 e. The van der Waals surface area contributed by atoms with Gasteiger partial charge in [-0.25, -0.2) is 0 Å². The molecular weight excluding hydrogens is 252 g/mol. The molecule has 118 valence electrons. The first-order valence-corrected chi connectivity index (χ1v) is 9.82. The molecule has 2 heteroatoms. The van der Waals surface area contributed by atoms with Gasteiger partial charge >= 0.3 is 0 Å². The Morgan fingerprint density at radius 1 is 0.947 bits per heavy atom. The number of rotatable bonds is 2. The molecule has 0 aromatic rings. The molecule has 0 atom stereocenters. The summed E-state index contributed by atoms with van der Waals surface area (Å²) in [5.41, 5.74) is -0.115. The molecule has 0 unspecified atom stereocenters. The van der Waals surface area contributed by atoms with Gasteiger partial charge in [0.2, 0.25) is 0 Å². The highest BCUT2D eigenvalue weighted by molar-refractivity contribution is 7.97. The van der Waals surface area contributed by atoms with Crippen LogP contribution in [-0.2, 0) is 15.7 Å². The van der Waals surface area contributed by atoms with Gasteiger partial charge in [0.15, 0.2) is 11.5 Å². The van der Waals surface area contributed by atoms with Crippen molar-refractivity contribution in [1.29, 1.82) is 0 Å². The largest absolute Gasteiger partial charge is 0.294 e. The fourth-order valence-corrected chi connectivity index (χ4v) is 3.78. The van der Waals surface area contributed by atoms with Gasteiger partial charge < -0.3 is 0 Å². The number of Topliss-reactive ketones (excluding diaryl/α,β-unsaturated/α-hetero) is 1. The van der Waals surface area contributed by atoms with Gasteiger partial charge in [0.25, 0.3) is 0 Å². The predicted molar refractivity (Wildman–Crippen MR) is 94.3 cm³/mol. The summed E-state index contributed by atoms with van der Waals surface area (Å²) in [6.45, 7) is 18.3. The lowest BCUT2D eigenvalue weighted by atomic mass is 9.92. The molecule has 1 heterocycles. The average Bonchev–Trinajstić information content (AvgIpc) is 2.87. The summed E-state index contributed by atoms with van der Waals surface area (Å²) in [5, 5.41) is 0. The molecule has 0 spiro atoms. The van der Waals surface area contributed by atoms with Crippen molar-refractivity contribution < 1.29 is 4.79 Å². The van der Waals surface area contributed by atoms with E-state index in [2.05, 4.69) is 13.8 Å². The quantitative estimate of drug-likeness (QED) is 0.615. The summed E-state index contributed by atoms with van der Waals surface area (Å²) in [5.74, 6) is 3.92. The van der Waals surface area contributed by atoms with E-state index in [0.717, 1.165) is 5.75 Å². The lowest BCUT2D eigenvalue weighted by Crippen LogP contribution is -2.28. The summed E-state index contributed by atoms with van der Waals surface area (Å²) < 4.78 is 0. The van der Waals surface area contributed by atoms with Crippen molar-refractivity contribution >= 4 is 16.7 Å². The highest BCUT2D eigenvalue weighted by atomic mass is 32.2. The number of hydrogen-bond acceptors (Lipinski definition) is 1. The third-order valence-corrected chi connectivity index (χ3v) is 4.69. The van der Waals surface area contributed by atoms with Crippen LogP contribution >= 0.6 is 0 Å². The minimum Gasteiger partial charge on any atom is -0.294 e. The lowest BCUT2D eigenvalue weighted by molar-refractivity contribution is -0.123. The second kappa shape index (κ2) is 16.1. The van der Waals surface area contributed by atoms with E-state index < -0.39 is 0 Å². The summed E-state index contributed by atoms with van der Waals surface area (Å²) in [6.07, 6.45) is 3.95. The second-order valence-electron chi connectivity index (χ2n) is 5.25. The van der Waals surface area contributed by atoms with Gasteiger partial charge in [-0.1, -0.05) is 68.7 Å². The Balaban J connectivity index is -0.000000313. The zero-order chi connectivity index (χ0) is 15.9. The molecule has 0 N–H and O–H groups in total. The van der Waals surface area contributed by atoms with Crippen LogP contribution in [0.4, 0.5) is 0 Å². The van der Waals surface area contributed by atoms with Crippen LogP contribution in [0.2, 0.25) is 0 Å². The van der Waals surface area contributed by atoms with Crippen LogP contribution in [0.25, 0.3) is 0 Å². The van der Waals surface area contributed by atoms with Crippen LogP contribution in [0.5, 0.6) is 0 Å².